The van der Waals surface area contributed by atoms with Gasteiger partial charge in [-0.1, -0.05) is 42.9 Å². The van der Waals surface area contributed by atoms with E-state index < -0.39 is 0 Å². The van der Waals surface area contributed by atoms with Gasteiger partial charge in [0.25, 0.3) is 0 Å². The third-order valence-electron chi connectivity index (χ3n) is 2.87. The van der Waals surface area contributed by atoms with Crippen LogP contribution in [0.1, 0.15) is 47.5 Å². The molecule has 2 unspecified atom stereocenters. The molecule has 3 heteroatoms. The van der Waals surface area contributed by atoms with E-state index in [-0.39, 0.29) is 5.91 Å². The van der Waals surface area contributed by atoms with Crippen molar-refractivity contribution in [2.24, 2.45) is 5.92 Å². The van der Waals surface area contributed by atoms with E-state index in [1.807, 2.05) is 4.90 Å². The fourth-order valence-corrected chi connectivity index (χ4v) is 2.37. The average Bonchev–Trinajstić information content (AvgIpc) is 2.16. The second-order valence-corrected chi connectivity index (χ2v) is 5.39. The minimum atomic E-state index is 0.265. The highest BCUT2D eigenvalue weighted by Crippen LogP contribution is 2.17. The van der Waals surface area contributed by atoms with Crippen LogP contribution in [-0.4, -0.2) is 27.3 Å². The Balaban J connectivity index is 4.42. The number of hydrogen-bond donors (Lipinski definition) is 0. The number of carbonyl (C=O) groups is 1. The smallest absolute Gasteiger partial charge is 0.232 e. The maximum absolute atomic E-state index is 11.8. The Morgan fingerprint density at radius 1 is 1.27 bits per heavy atom. The van der Waals surface area contributed by atoms with Crippen LogP contribution in [0.3, 0.4) is 0 Å². The van der Waals surface area contributed by atoms with E-state index in [0.717, 1.165) is 6.42 Å². The summed E-state index contributed by atoms with van der Waals surface area (Å²) in [5, 5.41) is 0. The van der Waals surface area contributed by atoms with Crippen molar-refractivity contribution in [2.75, 3.05) is 4.43 Å². The van der Waals surface area contributed by atoms with Gasteiger partial charge in [0.2, 0.25) is 5.91 Å². The number of halogens is 1. The molecule has 0 aromatic rings. The van der Waals surface area contributed by atoms with Crippen LogP contribution in [0, 0.1) is 5.92 Å². The first kappa shape index (κ1) is 15.2. The van der Waals surface area contributed by atoms with Gasteiger partial charge in [-0.2, -0.15) is 0 Å². The Morgan fingerprint density at radius 2 is 1.80 bits per heavy atom. The van der Waals surface area contributed by atoms with Gasteiger partial charge >= 0.3 is 0 Å². The molecular formula is C12H24INO. The fourth-order valence-electron chi connectivity index (χ4n) is 1.97. The Labute approximate surface area is 108 Å². The molecule has 2 nitrogen and oxygen atoms in total. The lowest BCUT2D eigenvalue weighted by Gasteiger charge is -2.34. The largest absolute Gasteiger partial charge is 0.337 e. The molecule has 2 atom stereocenters. The van der Waals surface area contributed by atoms with Gasteiger partial charge in [0.05, 0.1) is 4.43 Å². The van der Waals surface area contributed by atoms with Gasteiger partial charge in [0.1, 0.15) is 0 Å². The highest BCUT2D eigenvalue weighted by molar-refractivity contribution is 14.1. The molecule has 15 heavy (non-hydrogen) atoms. The summed E-state index contributed by atoms with van der Waals surface area (Å²) in [5.74, 6) is 0.963. The lowest BCUT2D eigenvalue weighted by molar-refractivity contribution is -0.132. The molecule has 0 spiro atoms. The van der Waals surface area contributed by atoms with Crippen LogP contribution in [0.2, 0.25) is 0 Å². The maximum Gasteiger partial charge on any atom is 0.232 e. The molecule has 0 saturated carbocycles. The van der Waals surface area contributed by atoms with Gasteiger partial charge in [0, 0.05) is 12.1 Å². The summed E-state index contributed by atoms with van der Waals surface area (Å²) >= 11 is 2.15. The fraction of sp³-hybridized carbons (Fsp3) is 0.917. The van der Waals surface area contributed by atoms with Crippen molar-refractivity contribution in [3.63, 3.8) is 0 Å². The van der Waals surface area contributed by atoms with Gasteiger partial charge in [-0.15, -0.1) is 0 Å². The number of alkyl halides is 1. The Morgan fingerprint density at radius 3 is 2.13 bits per heavy atom. The maximum atomic E-state index is 11.8. The van der Waals surface area contributed by atoms with Crippen molar-refractivity contribution < 1.29 is 4.79 Å². The number of amides is 1. The zero-order chi connectivity index (χ0) is 12.0. The SMILES string of the molecule is CCC(C)CC(C)N(C(=O)CI)C(C)C. The number of carbonyl (C=O) groups excluding carboxylic acids is 1. The molecule has 0 rings (SSSR count). The van der Waals surface area contributed by atoms with E-state index >= 15 is 0 Å². The number of nitrogens with zero attached hydrogens (tertiary/aromatic N) is 1. The second kappa shape index (κ2) is 7.47. The molecule has 0 aromatic carbocycles. The average molecular weight is 325 g/mol. The van der Waals surface area contributed by atoms with Crippen LogP contribution in [0.25, 0.3) is 0 Å². The van der Waals surface area contributed by atoms with E-state index in [2.05, 4.69) is 57.2 Å². The van der Waals surface area contributed by atoms with Gasteiger partial charge in [0.15, 0.2) is 0 Å². The molecule has 0 fully saturated rings. The standard InChI is InChI=1S/C12H24INO/c1-6-10(4)7-11(5)14(9(2)3)12(15)8-13/h9-11H,6-8H2,1-5H3. The van der Waals surface area contributed by atoms with E-state index in [4.69, 9.17) is 0 Å². The summed E-state index contributed by atoms with van der Waals surface area (Å²) < 4.78 is 0.584. The monoisotopic (exact) mass is 325 g/mol. The number of rotatable bonds is 6. The second-order valence-electron chi connectivity index (χ2n) is 4.63. The third-order valence-corrected chi connectivity index (χ3v) is 3.53. The van der Waals surface area contributed by atoms with Gasteiger partial charge in [-0.25, -0.2) is 0 Å². The van der Waals surface area contributed by atoms with E-state index in [1.54, 1.807) is 0 Å². The normalized spacial score (nSPS) is 15.1. The minimum Gasteiger partial charge on any atom is -0.337 e. The molecule has 0 radical (unpaired) electrons. The first-order valence-corrected chi connectivity index (χ1v) is 7.33. The van der Waals surface area contributed by atoms with Crippen LogP contribution < -0.4 is 0 Å². The Bertz CT molecular complexity index is 194. The van der Waals surface area contributed by atoms with Crippen molar-refractivity contribution in [1.29, 1.82) is 0 Å². The lowest BCUT2D eigenvalue weighted by atomic mass is 9.98. The molecule has 90 valence electrons. The molecule has 0 saturated heterocycles. The molecule has 0 aliphatic carbocycles. The summed E-state index contributed by atoms with van der Waals surface area (Å²) in [7, 11) is 0. The first-order valence-electron chi connectivity index (χ1n) is 5.81. The van der Waals surface area contributed by atoms with Crippen molar-refractivity contribution in [2.45, 2.75) is 59.5 Å². The zero-order valence-electron chi connectivity index (χ0n) is 10.6. The van der Waals surface area contributed by atoms with E-state index in [0.29, 0.717) is 22.4 Å². The molecule has 1 amide bonds. The molecular weight excluding hydrogens is 301 g/mol. The highest BCUT2D eigenvalue weighted by Gasteiger charge is 2.22. The predicted octanol–water partition coefficient (Wildman–Crippen LogP) is 3.48. The summed E-state index contributed by atoms with van der Waals surface area (Å²) in [6, 6.07) is 0.675. The highest BCUT2D eigenvalue weighted by atomic mass is 127. The third kappa shape index (κ3) is 5.18. The molecule has 0 heterocycles. The molecule has 0 aromatic heterocycles. The summed E-state index contributed by atoms with van der Waals surface area (Å²) in [6.07, 6.45) is 2.30. The Hall–Kier alpha value is 0.200. The van der Waals surface area contributed by atoms with Crippen molar-refractivity contribution in [3.8, 4) is 0 Å². The molecule has 0 bridgehead atoms. The van der Waals surface area contributed by atoms with Gasteiger partial charge in [-0.05, 0) is 33.1 Å². The van der Waals surface area contributed by atoms with Crippen molar-refractivity contribution in [1.82, 2.24) is 4.90 Å². The van der Waals surface area contributed by atoms with Crippen molar-refractivity contribution in [3.05, 3.63) is 0 Å². The van der Waals surface area contributed by atoms with E-state index in [9.17, 15) is 4.79 Å². The van der Waals surface area contributed by atoms with E-state index in [1.165, 1.54) is 6.42 Å². The molecule has 0 N–H and O–H groups in total. The van der Waals surface area contributed by atoms with Crippen LogP contribution in [0.4, 0.5) is 0 Å². The zero-order valence-corrected chi connectivity index (χ0v) is 12.7. The predicted molar refractivity (Wildman–Crippen MR) is 74.4 cm³/mol. The van der Waals surface area contributed by atoms with Crippen LogP contribution in [0.15, 0.2) is 0 Å². The quantitative estimate of drug-likeness (QED) is 0.541. The van der Waals surface area contributed by atoms with Crippen LogP contribution >= 0.6 is 22.6 Å². The van der Waals surface area contributed by atoms with Crippen LogP contribution in [0.5, 0.6) is 0 Å². The topological polar surface area (TPSA) is 20.3 Å². The summed E-state index contributed by atoms with van der Waals surface area (Å²) in [4.78, 5) is 13.8. The summed E-state index contributed by atoms with van der Waals surface area (Å²) in [6.45, 7) is 10.8. The molecule has 0 aliphatic heterocycles. The summed E-state index contributed by atoms with van der Waals surface area (Å²) in [5.41, 5.74) is 0. The van der Waals surface area contributed by atoms with Crippen LogP contribution in [-0.2, 0) is 4.79 Å². The Kier molecular flexibility index (Phi) is 7.57. The molecule has 0 aliphatic rings. The first-order chi connectivity index (χ1) is 6.93. The lowest BCUT2D eigenvalue weighted by Crippen LogP contribution is -2.44. The van der Waals surface area contributed by atoms with Gasteiger partial charge in [-0.3, -0.25) is 4.79 Å². The van der Waals surface area contributed by atoms with Gasteiger partial charge < -0.3 is 4.90 Å². The van der Waals surface area contributed by atoms with Crippen molar-refractivity contribution >= 4 is 28.5 Å². The number of hydrogen-bond acceptors (Lipinski definition) is 1. The minimum absolute atomic E-state index is 0.265.